The molecule has 0 saturated carbocycles. The van der Waals surface area contributed by atoms with Gasteiger partial charge in [-0.2, -0.15) is 0 Å². The largest absolute Gasteiger partial charge is 0.456 e. The van der Waals surface area contributed by atoms with Gasteiger partial charge in [0, 0.05) is 94.1 Å². The third-order valence-corrected chi connectivity index (χ3v) is 24.1. The molecule has 23 rings (SSSR count). The minimum absolute atomic E-state index is 0.159. The van der Waals surface area contributed by atoms with Crippen molar-refractivity contribution in [3.05, 3.63) is 349 Å². The maximum atomic E-state index is 7.03. The van der Waals surface area contributed by atoms with Crippen LogP contribution < -0.4 is 9.80 Å². The van der Waals surface area contributed by atoms with Crippen LogP contribution in [0.5, 0.6) is 0 Å². The Labute approximate surface area is 618 Å². The second-order valence-electron chi connectivity index (χ2n) is 30.9. The number of furan rings is 4. The number of rotatable bonds is 7. The molecule has 4 heterocycles. The van der Waals surface area contributed by atoms with E-state index in [1.807, 2.05) is 6.07 Å². The summed E-state index contributed by atoms with van der Waals surface area (Å²) in [5.41, 5.74) is 30.6. The summed E-state index contributed by atoms with van der Waals surface area (Å²) >= 11 is 0. The zero-order chi connectivity index (χ0) is 71.3. The zero-order valence-corrected chi connectivity index (χ0v) is 60.0. The fourth-order valence-electron chi connectivity index (χ4n) is 19.0. The van der Waals surface area contributed by atoms with E-state index in [0.29, 0.717) is 0 Å². The molecule has 0 atom stereocenters. The molecular weight excluding hydrogens is 1310 g/mol. The first-order chi connectivity index (χ1) is 52.3. The topological polar surface area (TPSA) is 59.0 Å². The number of benzene rings is 16. The van der Waals surface area contributed by atoms with Gasteiger partial charge in [0.1, 0.15) is 33.5 Å². The summed E-state index contributed by atoms with van der Waals surface area (Å²) in [7, 11) is 0. The molecule has 0 aliphatic heterocycles. The van der Waals surface area contributed by atoms with E-state index in [-0.39, 0.29) is 16.2 Å². The Morgan fingerprint density at radius 1 is 0.215 bits per heavy atom. The monoisotopic (exact) mass is 1370 g/mol. The number of anilines is 6. The van der Waals surface area contributed by atoms with Gasteiger partial charge in [-0.05, 0) is 161 Å². The normalized spacial score (nSPS) is 14.1. The van der Waals surface area contributed by atoms with Crippen molar-refractivity contribution in [1.82, 2.24) is 0 Å². The molecule has 4 aromatic heterocycles. The highest BCUT2D eigenvalue weighted by molar-refractivity contribution is 6.34. The predicted octanol–water partition coefficient (Wildman–Crippen LogP) is 28.8. The molecule has 0 spiro atoms. The van der Waals surface area contributed by atoms with Crippen molar-refractivity contribution in [2.24, 2.45) is 0 Å². The van der Waals surface area contributed by atoms with Crippen molar-refractivity contribution in [2.45, 2.75) is 57.8 Å². The van der Waals surface area contributed by atoms with E-state index in [4.69, 9.17) is 17.7 Å². The molecule has 107 heavy (non-hydrogen) atoms. The van der Waals surface area contributed by atoms with E-state index in [2.05, 4.69) is 361 Å². The van der Waals surface area contributed by atoms with E-state index in [9.17, 15) is 0 Å². The predicted molar refractivity (Wildman–Crippen MR) is 445 cm³/mol. The second-order valence-corrected chi connectivity index (χ2v) is 30.9. The molecule has 0 radical (unpaired) electrons. The standard InChI is InChI=1S/C52H37NO2.C49H33NO2/c1-51(2)39-18-10-7-15-34(39)36-24-22-31(27-41(36)51)53(32-23-25-37-35-16-8-11-19-40(35)52(3,4)42(37)28-32)43-29-46-49(48-38-17-9-12-20-44(38)55-50(43)48)47-33-14-6-5-13-30(33)21-26-45(47)54-46;1-49(2)38-21-11-8-19-35(38)36-26-25-32(28-39(36)49)50(40-22-12-9-17-33(40)30-14-4-3-5-15-30)41-29-44-47(46-37-20-10-13-23-42(37)52-48(41)46)45-34-18-7-6-16-31(34)24-27-43(45)51-44/h5-29H,1-4H3;3-29H,1-2H3. The molecule has 3 aliphatic carbocycles. The van der Waals surface area contributed by atoms with Gasteiger partial charge in [0.15, 0.2) is 11.2 Å². The molecule has 0 saturated heterocycles. The minimum atomic E-state index is -0.162. The number of nitrogens with zero attached hydrogens (tertiary/aromatic N) is 2. The third-order valence-electron chi connectivity index (χ3n) is 24.1. The average Bonchev–Trinajstić information content (AvgIpc) is 1.74. The van der Waals surface area contributed by atoms with Crippen LogP contribution in [-0.4, -0.2) is 0 Å². The van der Waals surface area contributed by atoms with Crippen molar-refractivity contribution in [2.75, 3.05) is 9.80 Å². The van der Waals surface area contributed by atoms with E-state index >= 15 is 0 Å². The molecule has 0 N–H and O–H groups in total. The number of hydrogen-bond donors (Lipinski definition) is 0. The van der Waals surface area contributed by atoms with Gasteiger partial charge in [0.25, 0.3) is 0 Å². The van der Waals surface area contributed by atoms with E-state index in [1.54, 1.807) is 0 Å². The summed E-state index contributed by atoms with van der Waals surface area (Å²) in [5, 5.41) is 13.4. The fraction of sp³-hybridized carbons (Fsp3) is 0.0891. The first kappa shape index (κ1) is 61.3. The molecule has 16 aromatic carbocycles. The molecule has 508 valence electrons. The summed E-state index contributed by atoms with van der Waals surface area (Å²) in [5.74, 6) is 0. The zero-order valence-electron chi connectivity index (χ0n) is 60.0. The first-order valence-electron chi connectivity index (χ1n) is 37.2. The summed E-state index contributed by atoms with van der Waals surface area (Å²) < 4.78 is 27.7. The molecule has 0 amide bonds. The van der Waals surface area contributed by atoms with Gasteiger partial charge in [-0.25, -0.2) is 0 Å². The van der Waals surface area contributed by atoms with Crippen LogP contribution in [0.4, 0.5) is 34.1 Å². The van der Waals surface area contributed by atoms with Gasteiger partial charge in [-0.15, -0.1) is 0 Å². The Morgan fingerprint density at radius 2 is 0.570 bits per heavy atom. The highest BCUT2D eigenvalue weighted by Gasteiger charge is 2.40. The van der Waals surface area contributed by atoms with Crippen LogP contribution in [-0.2, 0) is 16.2 Å². The molecule has 20 aromatic rings. The van der Waals surface area contributed by atoms with Crippen LogP contribution in [0, 0.1) is 0 Å². The molecule has 6 heteroatoms. The van der Waals surface area contributed by atoms with Crippen LogP contribution >= 0.6 is 0 Å². The Bertz CT molecular complexity index is 7090. The smallest absolute Gasteiger partial charge is 0.160 e. The minimum Gasteiger partial charge on any atom is -0.456 e. The lowest BCUT2D eigenvalue weighted by atomic mass is 9.82. The lowest BCUT2D eigenvalue weighted by Crippen LogP contribution is -2.18. The van der Waals surface area contributed by atoms with Crippen molar-refractivity contribution >= 4 is 143 Å². The Balaban J connectivity index is 0.000000133. The Hall–Kier alpha value is -13.2. The number of hydrogen-bond acceptors (Lipinski definition) is 6. The number of fused-ring (bicyclic) bond motifs is 27. The van der Waals surface area contributed by atoms with Crippen LogP contribution in [0.2, 0.25) is 0 Å². The lowest BCUT2D eigenvalue weighted by Gasteiger charge is -2.29. The van der Waals surface area contributed by atoms with E-state index in [1.165, 1.54) is 88.3 Å². The summed E-state index contributed by atoms with van der Waals surface area (Å²) in [6.07, 6.45) is 0. The Morgan fingerprint density at radius 3 is 1.03 bits per heavy atom. The van der Waals surface area contributed by atoms with Gasteiger partial charge in [-0.3, -0.25) is 0 Å². The molecule has 3 aliphatic rings. The van der Waals surface area contributed by atoms with Gasteiger partial charge in [-0.1, -0.05) is 278 Å². The van der Waals surface area contributed by atoms with Crippen LogP contribution in [0.15, 0.2) is 333 Å². The van der Waals surface area contributed by atoms with Gasteiger partial charge in [0.05, 0.1) is 17.1 Å². The SMILES string of the molecule is CC1(C)c2ccccc2-c2ccc(N(c3ccc4c(c3)C(C)(C)c3ccccc3-4)c3cc4oc5ccc6ccccc6c5c4c4c3oc3ccccc34)cc21.CC1(C)c2ccccc2-c2ccc(N(c3ccccc3-c3ccccc3)c3cc4oc5ccc6ccccc6c5c4c4c3oc3ccccc34)cc21. The van der Waals surface area contributed by atoms with Crippen molar-refractivity contribution in [3.63, 3.8) is 0 Å². The van der Waals surface area contributed by atoms with Crippen LogP contribution in [0.1, 0.15) is 74.9 Å². The number of para-hydroxylation sites is 3. The van der Waals surface area contributed by atoms with Crippen molar-refractivity contribution in [3.8, 4) is 44.5 Å². The molecule has 0 bridgehead atoms. The third kappa shape index (κ3) is 8.75. The average molecular weight is 1380 g/mol. The summed E-state index contributed by atoms with van der Waals surface area (Å²) in [4.78, 5) is 4.80. The Kier molecular flexibility index (Phi) is 12.9. The highest BCUT2D eigenvalue weighted by atomic mass is 16.3. The molecule has 0 unspecified atom stereocenters. The van der Waals surface area contributed by atoms with Gasteiger partial charge < -0.3 is 27.5 Å². The molecule has 6 nitrogen and oxygen atoms in total. The second kappa shape index (κ2) is 22.4. The summed E-state index contributed by atoms with van der Waals surface area (Å²) in [6, 6.07) is 114. The van der Waals surface area contributed by atoms with Crippen molar-refractivity contribution < 1.29 is 17.7 Å². The van der Waals surface area contributed by atoms with Gasteiger partial charge >= 0.3 is 0 Å². The summed E-state index contributed by atoms with van der Waals surface area (Å²) in [6.45, 7) is 14.1. The molecular formula is C101H70N2O4. The van der Waals surface area contributed by atoms with E-state index in [0.717, 1.165) is 133 Å². The lowest BCUT2D eigenvalue weighted by molar-refractivity contribution is 0.659. The van der Waals surface area contributed by atoms with Crippen LogP contribution in [0.3, 0.4) is 0 Å². The fourth-order valence-corrected chi connectivity index (χ4v) is 19.0. The van der Waals surface area contributed by atoms with Crippen LogP contribution in [0.25, 0.3) is 154 Å². The highest BCUT2D eigenvalue weighted by Crippen LogP contribution is 2.58. The maximum Gasteiger partial charge on any atom is 0.160 e. The first-order valence-corrected chi connectivity index (χ1v) is 37.2. The van der Waals surface area contributed by atoms with Crippen molar-refractivity contribution in [1.29, 1.82) is 0 Å². The van der Waals surface area contributed by atoms with E-state index < -0.39 is 0 Å². The molecule has 0 fully saturated rings. The maximum absolute atomic E-state index is 7.03. The van der Waals surface area contributed by atoms with Gasteiger partial charge in [0.2, 0.25) is 0 Å². The quantitative estimate of drug-likeness (QED) is 0.158.